The van der Waals surface area contributed by atoms with Gasteiger partial charge in [0.15, 0.2) is 0 Å². The largest absolute Gasteiger partial charge is 0.374 e. The smallest absolute Gasteiger partial charge is 0.225 e. The summed E-state index contributed by atoms with van der Waals surface area (Å²) in [5, 5.41) is 19.8. The average Bonchev–Trinajstić information content (AvgIpc) is 3.40. The first kappa shape index (κ1) is 18.4. The summed E-state index contributed by atoms with van der Waals surface area (Å²) in [5.74, 6) is 0.834. The first-order valence-electron chi connectivity index (χ1n) is 10.5. The summed E-state index contributed by atoms with van der Waals surface area (Å²) in [4.78, 5) is 15.5. The normalized spacial score (nSPS) is 23.6. The SMILES string of the molecule is OC(C1=CC=CCC1n1nccn1)N1CCCN(c2ncc3c(n2)CCC3)CC1. The van der Waals surface area contributed by atoms with Crippen molar-refractivity contribution in [3.63, 3.8) is 0 Å². The number of aliphatic hydroxyl groups excluding tert-OH is 1. The van der Waals surface area contributed by atoms with E-state index in [9.17, 15) is 5.11 Å². The molecule has 2 aromatic rings. The van der Waals surface area contributed by atoms with Crippen LogP contribution < -0.4 is 4.90 Å². The summed E-state index contributed by atoms with van der Waals surface area (Å²) in [6, 6.07) is -0.0376. The molecule has 0 aromatic carbocycles. The fourth-order valence-electron chi connectivity index (χ4n) is 4.55. The molecular formula is C21H27N7O. The van der Waals surface area contributed by atoms with Gasteiger partial charge in [-0.3, -0.25) is 4.90 Å². The zero-order valence-electron chi connectivity index (χ0n) is 16.6. The molecule has 0 amide bonds. The number of aliphatic hydroxyl groups is 1. The van der Waals surface area contributed by atoms with Crippen molar-refractivity contribution in [2.45, 2.75) is 44.4 Å². The molecule has 5 rings (SSSR count). The molecule has 29 heavy (non-hydrogen) atoms. The van der Waals surface area contributed by atoms with Gasteiger partial charge < -0.3 is 10.0 Å². The minimum Gasteiger partial charge on any atom is -0.374 e. The van der Waals surface area contributed by atoms with Gasteiger partial charge in [0.25, 0.3) is 0 Å². The fraction of sp³-hybridized carbons (Fsp3) is 0.524. The lowest BCUT2D eigenvalue weighted by Gasteiger charge is -2.32. The molecule has 3 heterocycles. The van der Waals surface area contributed by atoms with Crippen LogP contribution in [0.5, 0.6) is 0 Å². The first-order valence-corrected chi connectivity index (χ1v) is 10.5. The summed E-state index contributed by atoms with van der Waals surface area (Å²) in [6.45, 7) is 3.32. The van der Waals surface area contributed by atoms with Crippen LogP contribution in [0.1, 0.15) is 36.6 Å². The molecule has 1 N–H and O–H groups in total. The van der Waals surface area contributed by atoms with Gasteiger partial charge in [0.1, 0.15) is 12.3 Å². The van der Waals surface area contributed by atoms with E-state index in [0.29, 0.717) is 0 Å². The van der Waals surface area contributed by atoms with Crippen LogP contribution in [-0.4, -0.2) is 67.4 Å². The number of rotatable bonds is 4. The highest BCUT2D eigenvalue weighted by atomic mass is 16.3. The Morgan fingerprint density at radius 2 is 1.93 bits per heavy atom. The summed E-state index contributed by atoms with van der Waals surface area (Å²) < 4.78 is 0. The van der Waals surface area contributed by atoms with Crippen molar-refractivity contribution >= 4 is 5.95 Å². The lowest BCUT2D eigenvalue weighted by molar-refractivity contribution is 0.0290. The Kier molecular flexibility index (Phi) is 5.12. The van der Waals surface area contributed by atoms with E-state index in [0.717, 1.165) is 63.4 Å². The Hall–Kier alpha value is -2.58. The Morgan fingerprint density at radius 3 is 2.83 bits per heavy atom. The Bertz CT molecular complexity index is 908. The van der Waals surface area contributed by atoms with Crippen molar-refractivity contribution < 1.29 is 5.11 Å². The molecule has 1 fully saturated rings. The third-order valence-corrected chi connectivity index (χ3v) is 6.14. The molecule has 8 nitrogen and oxygen atoms in total. The van der Waals surface area contributed by atoms with Crippen molar-refractivity contribution in [2.75, 3.05) is 31.1 Å². The monoisotopic (exact) mass is 393 g/mol. The van der Waals surface area contributed by atoms with Gasteiger partial charge in [-0.15, -0.1) is 0 Å². The highest BCUT2D eigenvalue weighted by Gasteiger charge is 2.30. The molecule has 152 valence electrons. The van der Waals surface area contributed by atoms with Gasteiger partial charge in [-0.2, -0.15) is 15.0 Å². The third kappa shape index (κ3) is 3.70. The van der Waals surface area contributed by atoms with Gasteiger partial charge in [0, 0.05) is 38.1 Å². The van der Waals surface area contributed by atoms with Crippen LogP contribution in [0.3, 0.4) is 0 Å². The van der Waals surface area contributed by atoms with Crippen LogP contribution in [0.15, 0.2) is 42.4 Å². The highest BCUT2D eigenvalue weighted by molar-refractivity contribution is 5.35. The van der Waals surface area contributed by atoms with Crippen LogP contribution in [-0.2, 0) is 12.8 Å². The molecule has 2 atom stereocenters. The average molecular weight is 393 g/mol. The summed E-state index contributed by atoms with van der Waals surface area (Å²) in [6.07, 6.45) is 16.0. The maximum Gasteiger partial charge on any atom is 0.225 e. The van der Waals surface area contributed by atoms with Gasteiger partial charge >= 0.3 is 0 Å². The molecule has 1 saturated heterocycles. The molecule has 0 spiro atoms. The van der Waals surface area contributed by atoms with E-state index in [1.165, 1.54) is 17.7 Å². The number of hydrogen-bond acceptors (Lipinski definition) is 7. The predicted octanol–water partition coefficient (Wildman–Crippen LogP) is 1.51. The Balaban J connectivity index is 1.29. The molecule has 2 aliphatic carbocycles. The van der Waals surface area contributed by atoms with E-state index in [1.54, 1.807) is 17.2 Å². The van der Waals surface area contributed by atoms with Crippen molar-refractivity contribution in [2.24, 2.45) is 0 Å². The lowest BCUT2D eigenvalue weighted by atomic mass is 9.97. The van der Waals surface area contributed by atoms with Gasteiger partial charge in [-0.05, 0) is 43.2 Å². The Labute approximate surface area is 170 Å². The summed E-state index contributed by atoms with van der Waals surface area (Å²) in [7, 11) is 0. The van der Waals surface area contributed by atoms with Crippen LogP contribution in [0.4, 0.5) is 5.95 Å². The first-order chi connectivity index (χ1) is 14.3. The fourth-order valence-corrected chi connectivity index (χ4v) is 4.55. The van der Waals surface area contributed by atoms with Gasteiger partial charge in [-0.1, -0.05) is 18.2 Å². The quantitative estimate of drug-likeness (QED) is 0.843. The van der Waals surface area contributed by atoms with Crippen molar-refractivity contribution in [3.8, 4) is 0 Å². The minimum absolute atomic E-state index is 0.0376. The van der Waals surface area contributed by atoms with Crippen molar-refractivity contribution in [1.82, 2.24) is 29.9 Å². The maximum atomic E-state index is 11.2. The molecule has 0 radical (unpaired) electrons. The van der Waals surface area contributed by atoms with Crippen molar-refractivity contribution in [1.29, 1.82) is 0 Å². The zero-order chi connectivity index (χ0) is 19.6. The van der Waals surface area contributed by atoms with E-state index in [4.69, 9.17) is 4.98 Å². The molecule has 0 saturated carbocycles. The molecule has 8 heteroatoms. The molecule has 0 bridgehead atoms. The molecular weight excluding hydrogens is 366 g/mol. The van der Waals surface area contributed by atoms with Crippen molar-refractivity contribution in [3.05, 3.63) is 53.6 Å². The number of hydrogen-bond donors (Lipinski definition) is 1. The predicted molar refractivity (Wildman–Crippen MR) is 109 cm³/mol. The van der Waals surface area contributed by atoms with Crippen LogP contribution in [0.2, 0.25) is 0 Å². The van der Waals surface area contributed by atoms with E-state index >= 15 is 0 Å². The van der Waals surface area contributed by atoms with Crippen LogP contribution >= 0.6 is 0 Å². The number of aryl methyl sites for hydroxylation is 2. The van der Waals surface area contributed by atoms with Crippen LogP contribution in [0, 0.1) is 0 Å². The van der Waals surface area contributed by atoms with E-state index in [2.05, 4.69) is 31.1 Å². The van der Waals surface area contributed by atoms with Gasteiger partial charge in [0.05, 0.1) is 12.4 Å². The standard InChI is InChI=1S/C21H27N7O/c29-20(17-6-1-2-8-19(17)28-23-9-10-24-28)26-11-4-12-27(14-13-26)21-22-15-16-5-3-7-18(16)25-21/h1-2,6,9-10,15,19-20,29H,3-5,7-8,11-14H2. The second kappa shape index (κ2) is 8.04. The number of aromatic nitrogens is 5. The summed E-state index contributed by atoms with van der Waals surface area (Å²) >= 11 is 0. The van der Waals surface area contributed by atoms with E-state index in [1.807, 2.05) is 18.3 Å². The second-order valence-electron chi connectivity index (χ2n) is 7.94. The van der Waals surface area contributed by atoms with E-state index < -0.39 is 6.23 Å². The number of allylic oxidation sites excluding steroid dienone is 3. The Morgan fingerprint density at radius 1 is 1.03 bits per heavy atom. The van der Waals surface area contributed by atoms with E-state index in [-0.39, 0.29) is 6.04 Å². The highest BCUT2D eigenvalue weighted by Crippen LogP contribution is 2.29. The molecule has 2 aromatic heterocycles. The number of anilines is 1. The number of fused-ring (bicyclic) bond motifs is 1. The number of nitrogens with zero attached hydrogens (tertiary/aromatic N) is 7. The summed E-state index contributed by atoms with van der Waals surface area (Å²) in [5.41, 5.74) is 3.46. The third-order valence-electron chi connectivity index (χ3n) is 6.14. The lowest BCUT2D eigenvalue weighted by Crippen LogP contribution is -2.42. The van der Waals surface area contributed by atoms with Crippen LogP contribution in [0.25, 0.3) is 0 Å². The van der Waals surface area contributed by atoms with Gasteiger partial charge in [0.2, 0.25) is 5.95 Å². The minimum atomic E-state index is -0.642. The van der Waals surface area contributed by atoms with Gasteiger partial charge in [-0.25, -0.2) is 9.97 Å². The molecule has 2 unspecified atom stereocenters. The molecule has 3 aliphatic rings. The topological polar surface area (TPSA) is 83.2 Å². The maximum absolute atomic E-state index is 11.2. The zero-order valence-corrected chi connectivity index (χ0v) is 16.6. The second-order valence-corrected chi connectivity index (χ2v) is 7.94. The molecule has 1 aliphatic heterocycles.